The lowest BCUT2D eigenvalue weighted by atomic mass is 9.95. The van der Waals surface area contributed by atoms with E-state index in [1.165, 1.54) is 18.2 Å². The topological polar surface area (TPSA) is 87.5 Å². The van der Waals surface area contributed by atoms with Gasteiger partial charge in [0.15, 0.2) is 11.6 Å². The number of pyridine rings is 1. The Morgan fingerprint density at radius 3 is 2.47 bits per heavy atom. The van der Waals surface area contributed by atoms with Gasteiger partial charge in [0.2, 0.25) is 0 Å². The van der Waals surface area contributed by atoms with Gasteiger partial charge in [-0.2, -0.15) is 0 Å². The highest BCUT2D eigenvalue weighted by Crippen LogP contribution is 2.40. The van der Waals surface area contributed by atoms with Crippen LogP contribution in [0.15, 0.2) is 66.7 Å². The summed E-state index contributed by atoms with van der Waals surface area (Å²) in [5.74, 6) is -1.12. The molecule has 3 aromatic carbocycles. The number of aliphatic hydroxyl groups is 1. The first kappa shape index (κ1) is 19.7. The summed E-state index contributed by atoms with van der Waals surface area (Å²) in [6.07, 6.45) is 0. The zero-order chi connectivity index (χ0) is 22.6. The number of ketones is 2. The number of carbonyl (C=O) groups excluding carboxylic acids is 2. The second-order valence-electron chi connectivity index (χ2n) is 8.01. The third kappa shape index (κ3) is 2.98. The van der Waals surface area contributed by atoms with Crippen molar-refractivity contribution in [3.63, 3.8) is 0 Å². The highest BCUT2D eigenvalue weighted by atomic mass is 16.3. The lowest BCUT2D eigenvalue weighted by molar-refractivity contribution is 0.103. The van der Waals surface area contributed by atoms with Gasteiger partial charge in [-0.1, -0.05) is 42.0 Å². The number of Topliss-reactive ketones (excluding diaryl/α,β-unsaturated/α-hetero) is 1. The monoisotopic (exact) mass is 421 g/mol. The number of nitrogens with zero attached hydrogens (tertiary/aromatic N) is 1. The maximum absolute atomic E-state index is 13.1. The molecule has 0 atom stereocenters. The summed E-state index contributed by atoms with van der Waals surface area (Å²) < 4.78 is 0. The van der Waals surface area contributed by atoms with Crippen LogP contribution in [0.4, 0.5) is 0 Å². The van der Waals surface area contributed by atoms with Crippen LogP contribution < -0.4 is 0 Å². The van der Waals surface area contributed by atoms with E-state index < -0.39 is 5.78 Å². The van der Waals surface area contributed by atoms with Gasteiger partial charge < -0.3 is 10.2 Å². The Morgan fingerprint density at radius 1 is 0.875 bits per heavy atom. The fraction of sp³-hybridized carbons (Fsp3) is 0.0741. The molecule has 0 amide bonds. The molecule has 0 unspecified atom stereocenters. The number of carbonyl (C=O) groups is 2. The maximum Gasteiger partial charge on any atom is 0.199 e. The molecule has 1 aromatic heterocycles. The second kappa shape index (κ2) is 7.17. The molecule has 156 valence electrons. The third-order valence-corrected chi connectivity index (χ3v) is 5.82. The van der Waals surface area contributed by atoms with E-state index in [-0.39, 0.29) is 39.7 Å². The Bertz CT molecular complexity index is 1500. The number of aliphatic hydroxyl groups excluding tert-OH is 1. The fourth-order valence-corrected chi connectivity index (χ4v) is 4.10. The second-order valence-corrected chi connectivity index (χ2v) is 8.01. The summed E-state index contributed by atoms with van der Waals surface area (Å²) in [5.41, 5.74) is 3.83. The van der Waals surface area contributed by atoms with Crippen LogP contribution in [0.3, 0.4) is 0 Å². The van der Waals surface area contributed by atoms with Crippen molar-refractivity contribution in [2.45, 2.75) is 13.8 Å². The molecule has 4 aromatic rings. The Kier molecular flexibility index (Phi) is 4.41. The number of aromatic hydroxyl groups is 1. The minimum Gasteiger partial charge on any atom is -0.506 e. The first-order valence-electron chi connectivity index (χ1n) is 10.2. The van der Waals surface area contributed by atoms with Gasteiger partial charge in [-0.3, -0.25) is 9.59 Å². The first-order valence-corrected chi connectivity index (χ1v) is 10.2. The van der Waals surface area contributed by atoms with Crippen molar-refractivity contribution in [3.8, 4) is 5.75 Å². The van der Waals surface area contributed by atoms with Gasteiger partial charge >= 0.3 is 0 Å². The summed E-state index contributed by atoms with van der Waals surface area (Å²) in [5, 5.41) is 22.2. The zero-order valence-electron chi connectivity index (χ0n) is 17.5. The summed E-state index contributed by atoms with van der Waals surface area (Å²) in [6.45, 7) is 3.79. The largest absolute Gasteiger partial charge is 0.506 e. The van der Waals surface area contributed by atoms with Crippen LogP contribution in [0.2, 0.25) is 0 Å². The molecule has 5 rings (SSSR count). The van der Waals surface area contributed by atoms with Crippen molar-refractivity contribution in [1.29, 1.82) is 0 Å². The number of rotatable bonds is 3. The molecule has 1 aliphatic carbocycles. The molecule has 0 spiro atoms. The highest BCUT2D eigenvalue weighted by molar-refractivity contribution is 6.39. The van der Waals surface area contributed by atoms with Gasteiger partial charge in [0.05, 0.1) is 11.1 Å². The maximum atomic E-state index is 13.1. The Hall–Kier alpha value is -4.25. The normalized spacial score (nSPS) is 13.0. The molecule has 0 bridgehead atoms. The van der Waals surface area contributed by atoms with E-state index in [2.05, 4.69) is 4.98 Å². The Labute approximate surface area is 184 Å². The average molecular weight is 421 g/mol. The molecule has 1 heterocycles. The van der Waals surface area contributed by atoms with E-state index in [0.717, 1.165) is 16.5 Å². The number of aryl methyl sites for hydroxylation is 2. The van der Waals surface area contributed by atoms with Gasteiger partial charge in [0, 0.05) is 27.6 Å². The standard InChI is InChI=1S/C27H19NO4/c1-14-7-8-15(2)19(11-14)25(30)17-9-10-18-20(12-17)27(32)23(26(18)31)24-22(29)13-16-5-3-4-6-21(16)28-24/h3-13,29,32H,1-2H3. The molecule has 1 aliphatic rings. The van der Waals surface area contributed by atoms with Crippen LogP contribution in [0.1, 0.15) is 48.7 Å². The van der Waals surface area contributed by atoms with E-state index in [1.54, 1.807) is 24.3 Å². The number of para-hydroxylation sites is 1. The molecule has 0 saturated carbocycles. The predicted molar refractivity (Wildman–Crippen MR) is 123 cm³/mol. The molecule has 0 fully saturated rings. The van der Waals surface area contributed by atoms with Crippen molar-refractivity contribution >= 4 is 33.8 Å². The molecule has 0 saturated heterocycles. The number of hydrogen-bond donors (Lipinski definition) is 2. The summed E-state index contributed by atoms with van der Waals surface area (Å²) in [4.78, 5) is 30.6. The predicted octanol–water partition coefficient (Wildman–Crippen LogP) is 5.41. The van der Waals surface area contributed by atoms with Crippen LogP contribution in [0.5, 0.6) is 5.75 Å². The zero-order valence-corrected chi connectivity index (χ0v) is 17.5. The Morgan fingerprint density at radius 2 is 1.66 bits per heavy atom. The number of allylic oxidation sites excluding steroid dienone is 1. The molecule has 0 radical (unpaired) electrons. The highest BCUT2D eigenvalue weighted by Gasteiger charge is 2.34. The van der Waals surface area contributed by atoms with E-state index in [0.29, 0.717) is 16.6 Å². The van der Waals surface area contributed by atoms with Gasteiger partial charge in [-0.05, 0) is 49.7 Å². The molecule has 5 heteroatoms. The number of aromatic nitrogens is 1. The van der Waals surface area contributed by atoms with Gasteiger partial charge in [-0.15, -0.1) is 0 Å². The van der Waals surface area contributed by atoms with E-state index in [9.17, 15) is 19.8 Å². The van der Waals surface area contributed by atoms with E-state index in [4.69, 9.17) is 0 Å². The third-order valence-electron chi connectivity index (χ3n) is 5.82. The van der Waals surface area contributed by atoms with E-state index in [1.807, 2.05) is 38.1 Å². The fourth-order valence-electron chi connectivity index (χ4n) is 4.10. The molecule has 0 aliphatic heterocycles. The van der Waals surface area contributed by atoms with Crippen molar-refractivity contribution in [3.05, 3.63) is 106 Å². The van der Waals surface area contributed by atoms with Crippen molar-refractivity contribution in [2.24, 2.45) is 0 Å². The summed E-state index contributed by atoms with van der Waals surface area (Å²) in [6, 6.07) is 19.0. The van der Waals surface area contributed by atoms with Crippen molar-refractivity contribution in [2.75, 3.05) is 0 Å². The lowest BCUT2D eigenvalue weighted by Crippen LogP contribution is -2.06. The number of fused-ring (bicyclic) bond motifs is 2. The lowest BCUT2D eigenvalue weighted by Gasteiger charge is -2.08. The van der Waals surface area contributed by atoms with E-state index >= 15 is 0 Å². The number of hydrogen-bond acceptors (Lipinski definition) is 5. The molecule has 5 nitrogen and oxygen atoms in total. The minimum absolute atomic E-state index is 0.0183. The van der Waals surface area contributed by atoms with Gasteiger partial charge in [-0.25, -0.2) is 4.98 Å². The summed E-state index contributed by atoms with van der Waals surface area (Å²) in [7, 11) is 0. The molecular formula is C27H19NO4. The van der Waals surface area contributed by atoms with Crippen LogP contribution in [-0.2, 0) is 0 Å². The molecular weight excluding hydrogens is 402 g/mol. The minimum atomic E-state index is -0.443. The SMILES string of the molecule is Cc1ccc(C)c(C(=O)c2ccc3c(c2)C(O)=C(c2nc4ccccc4cc2O)C3=O)c1. The van der Waals surface area contributed by atoms with Crippen molar-refractivity contribution < 1.29 is 19.8 Å². The smallest absolute Gasteiger partial charge is 0.199 e. The first-order chi connectivity index (χ1) is 15.3. The quantitative estimate of drug-likeness (QED) is 0.432. The van der Waals surface area contributed by atoms with Crippen LogP contribution in [0.25, 0.3) is 22.2 Å². The molecule has 2 N–H and O–H groups in total. The van der Waals surface area contributed by atoms with Crippen LogP contribution in [0, 0.1) is 13.8 Å². The number of benzene rings is 3. The van der Waals surface area contributed by atoms with Crippen molar-refractivity contribution in [1.82, 2.24) is 4.98 Å². The average Bonchev–Trinajstić information content (AvgIpc) is 3.04. The molecule has 32 heavy (non-hydrogen) atoms. The van der Waals surface area contributed by atoms with Crippen LogP contribution in [-0.4, -0.2) is 26.8 Å². The van der Waals surface area contributed by atoms with Crippen LogP contribution >= 0.6 is 0 Å². The summed E-state index contributed by atoms with van der Waals surface area (Å²) >= 11 is 0. The Balaban J connectivity index is 1.63. The van der Waals surface area contributed by atoms with Gasteiger partial charge in [0.1, 0.15) is 17.2 Å². The van der Waals surface area contributed by atoms with Gasteiger partial charge in [0.25, 0.3) is 0 Å².